The normalized spacial score (nSPS) is 12.1. The van der Waals surface area contributed by atoms with Crippen molar-refractivity contribution in [1.29, 1.82) is 0 Å². The fourth-order valence-corrected chi connectivity index (χ4v) is 1.27. The molecule has 1 aromatic heterocycles. The standard InChI is InChI=1S/C9H17N3O/c1-6-7(2)12(8(13)11-6)5-9(3,4)10/h5,10H2,1-4H3,(H,11,13). The summed E-state index contributed by atoms with van der Waals surface area (Å²) >= 11 is 0. The van der Waals surface area contributed by atoms with Crippen LogP contribution in [0.1, 0.15) is 25.2 Å². The van der Waals surface area contributed by atoms with Crippen molar-refractivity contribution in [3.05, 3.63) is 21.9 Å². The van der Waals surface area contributed by atoms with E-state index in [-0.39, 0.29) is 11.2 Å². The molecule has 0 saturated carbocycles. The van der Waals surface area contributed by atoms with Gasteiger partial charge < -0.3 is 10.7 Å². The number of nitrogens with zero attached hydrogens (tertiary/aromatic N) is 1. The van der Waals surface area contributed by atoms with Crippen molar-refractivity contribution in [3.8, 4) is 0 Å². The van der Waals surface area contributed by atoms with Crippen molar-refractivity contribution in [2.75, 3.05) is 0 Å². The molecule has 1 rings (SSSR count). The summed E-state index contributed by atoms with van der Waals surface area (Å²) in [6, 6.07) is 0. The van der Waals surface area contributed by atoms with E-state index in [9.17, 15) is 4.79 Å². The highest BCUT2D eigenvalue weighted by Gasteiger charge is 2.15. The lowest BCUT2D eigenvalue weighted by atomic mass is 10.1. The third-order valence-electron chi connectivity index (χ3n) is 2.05. The first kappa shape index (κ1) is 10.1. The van der Waals surface area contributed by atoms with E-state index in [0.29, 0.717) is 6.54 Å². The van der Waals surface area contributed by atoms with Gasteiger partial charge in [-0.3, -0.25) is 4.57 Å². The van der Waals surface area contributed by atoms with Crippen LogP contribution in [0.15, 0.2) is 4.79 Å². The van der Waals surface area contributed by atoms with Crippen LogP contribution in [0.5, 0.6) is 0 Å². The fourth-order valence-electron chi connectivity index (χ4n) is 1.27. The number of aromatic amines is 1. The molecule has 0 unspecified atom stereocenters. The molecule has 1 aromatic rings. The summed E-state index contributed by atoms with van der Waals surface area (Å²) < 4.78 is 1.68. The van der Waals surface area contributed by atoms with E-state index in [1.54, 1.807) is 4.57 Å². The zero-order chi connectivity index (χ0) is 10.2. The molecule has 0 atom stereocenters. The average Bonchev–Trinajstić information content (AvgIpc) is 2.14. The number of H-pyrrole nitrogens is 1. The molecule has 1 heterocycles. The lowest BCUT2D eigenvalue weighted by molar-refractivity contribution is 0.422. The van der Waals surface area contributed by atoms with Gasteiger partial charge in [0.05, 0.1) is 0 Å². The summed E-state index contributed by atoms with van der Waals surface area (Å²) in [4.78, 5) is 14.1. The van der Waals surface area contributed by atoms with Gasteiger partial charge in [0.15, 0.2) is 0 Å². The fraction of sp³-hybridized carbons (Fsp3) is 0.667. The zero-order valence-electron chi connectivity index (χ0n) is 8.64. The topological polar surface area (TPSA) is 63.8 Å². The number of aryl methyl sites for hydroxylation is 1. The van der Waals surface area contributed by atoms with Gasteiger partial charge in [-0.15, -0.1) is 0 Å². The van der Waals surface area contributed by atoms with Crippen molar-refractivity contribution in [1.82, 2.24) is 9.55 Å². The molecule has 3 N–H and O–H groups in total. The van der Waals surface area contributed by atoms with Crippen LogP contribution < -0.4 is 11.4 Å². The Morgan fingerprint density at radius 3 is 2.31 bits per heavy atom. The largest absolute Gasteiger partial charge is 0.325 e. The third kappa shape index (κ3) is 2.21. The van der Waals surface area contributed by atoms with Crippen LogP contribution in [-0.4, -0.2) is 15.1 Å². The predicted molar refractivity (Wildman–Crippen MR) is 52.8 cm³/mol. The van der Waals surface area contributed by atoms with Gasteiger partial charge in [-0.05, 0) is 27.7 Å². The molecule has 13 heavy (non-hydrogen) atoms. The summed E-state index contributed by atoms with van der Waals surface area (Å²) in [6.07, 6.45) is 0. The monoisotopic (exact) mass is 183 g/mol. The molecule has 0 aliphatic carbocycles. The van der Waals surface area contributed by atoms with Crippen LogP contribution in [0.3, 0.4) is 0 Å². The van der Waals surface area contributed by atoms with Gasteiger partial charge in [-0.25, -0.2) is 4.79 Å². The molecule has 0 spiro atoms. The van der Waals surface area contributed by atoms with Gasteiger partial charge in [-0.2, -0.15) is 0 Å². The first-order chi connectivity index (χ1) is 5.81. The van der Waals surface area contributed by atoms with Gasteiger partial charge >= 0.3 is 5.69 Å². The summed E-state index contributed by atoms with van der Waals surface area (Å²) in [5.41, 5.74) is 7.28. The van der Waals surface area contributed by atoms with Crippen LogP contribution >= 0.6 is 0 Å². The summed E-state index contributed by atoms with van der Waals surface area (Å²) in [5, 5.41) is 0. The molecular formula is C9H17N3O. The number of nitrogens with two attached hydrogens (primary N) is 1. The molecule has 0 aliphatic heterocycles. The molecule has 4 nitrogen and oxygen atoms in total. The van der Waals surface area contributed by atoms with E-state index in [2.05, 4.69) is 4.98 Å². The van der Waals surface area contributed by atoms with Crippen LogP contribution in [0.4, 0.5) is 0 Å². The number of hydrogen-bond donors (Lipinski definition) is 2. The maximum Gasteiger partial charge on any atom is 0.325 e. The maximum absolute atomic E-state index is 11.4. The lowest BCUT2D eigenvalue weighted by Crippen LogP contribution is -2.40. The second-order valence-corrected chi connectivity index (χ2v) is 4.22. The van der Waals surface area contributed by atoms with E-state index in [0.717, 1.165) is 11.4 Å². The second-order valence-electron chi connectivity index (χ2n) is 4.22. The van der Waals surface area contributed by atoms with Gasteiger partial charge in [0.1, 0.15) is 0 Å². The minimum Gasteiger partial charge on any atom is -0.324 e. The minimum atomic E-state index is -0.358. The SMILES string of the molecule is Cc1[nH]c(=O)n(CC(C)(C)N)c1C. The summed E-state index contributed by atoms with van der Waals surface area (Å²) in [6.45, 7) is 8.15. The van der Waals surface area contributed by atoms with Crippen LogP contribution in [-0.2, 0) is 6.54 Å². The minimum absolute atomic E-state index is 0.0754. The molecule has 0 fully saturated rings. The molecule has 0 radical (unpaired) electrons. The zero-order valence-corrected chi connectivity index (χ0v) is 8.64. The number of aromatic nitrogens is 2. The van der Waals surface area contributed by atoms with E-state index in [1.165, 1.54) is 0 Å². The van der Waals surface area contributed by atoms with Crippen LogP contribution in [0.25, 0.3) is 0 Å². The average molecular weight is 183 g/mol. The van der Waals surface area contributed by atoms with E-state index in [1.807, 2.05) is 27.7 Å². The Kier molecular flexibility index (Phi) is 2.34. The third-order valence-corrected chi connectivity index (χ3v) is 2.05. The van der Waals surface area contributed by atoms with Crippen molar-refractivity contribution < 1.29 is 0 Å². The highest BCUT2D eigenvalue weighted by Crippen LogP contribution is 2.05. The molecule has 74 valence electrons. The van der Waals surface area contributed by atoms with E-state index in [4.69, 9.17) is 5.73 Å². The van der Waals surface area contributed by atoms with Gasteiger partial charge in [0.25, 0.3) is 0 Å². The highest BCUT2D eigenvalue weighted by atomic mass is 16.1. The van der Waals surface area contributed by atoms with E-state index < -0.39 is 0 Å². The summed E-state index contributed by atoms with van der Waals surface area (Å²) in [5.74, 6) is 0. The first-order valence-corrected chi connectivity index (χ1v) is 4.36. The Morgan fingerprint density at radius 1 is 1.46 bits per heavy atom. The van der Waals surface area contributed by atoms with Gasteiger partial charge in [-0.1, -0.05) is 0 Å². The maximum atomic E-state index is 11.4. The molecule has 0 saturated heterocycles. The first-order valence-electron chi connectivity index (χ1n) is 4.36. The molecule has 0 bridgehead atoms. The van der Waals surface area contributed by atoms with Crippen molar-refractivity contribution in [2.24, 2.45) is 5.73 Å². The molecule has 4 heteroatoms. The van der Waals surface area contributed by atoms with Gasteiger partial charge in [0.2, 0.25) is 0 Å². The number of nitrogens with one attached hydrogen (secondary N) is 1. The Balaban J connectivity index is 3.08. The highest BCUT2D eigenvalue weighted by molar-refractivity contribution is 5.09. The van der Waals surface area contributed by atoms with Crippen molar-refractivity contribution in [3.63, 3.8) is 0 Å². The lowest BCUT2D eigenvalue weighted by Gasteiger charge is -2.19. The Bertz CT molecular complexity index is 354. The summed E-state index contributed by atoms with van der Waals surface area (Å²) in [7, 11) is 0. The van der Waals surface area contributed by atoms with E-state index >= 15 is 0 Å². The smallest absolute Gasteiger partial charge is 0.324 e. The predicted octanol–water partition coefficient (Wildman–Crippen LogP) is 0.531. The Morgan fingerprint density at radius 2 is 2.00 bits per heavy atom. The second kappa shape index (κ2) is 3.03. The Hall–Kier alpha value is -1.03. The number of rotatable bonds is 2. The van der Waals surface area contributed by atoms with Crippen LogP contribution in [0.2, 0.25) is 0 Å². The van der Waals surface area contributed by atoms with Crippen molar-refractivity contribution in [2.45, 2.75) is 39.8 Å². The number of imidazole rings is 1. The van der Waals surface area contributed by atoms with Crippen molar-refractivity contribution >= 4 is 0 Å². The molecule has 0 aromatic carbocycles. The molecule has 0 amide bonds. The molecule has 0 aliphatic rings. The number of hydrogen-bond acceptors (Lipinski definition) is 2. The quantitative estimate of drug-likeness (QED) is 0.702. The Labute approximate surface area is 77.8 Å². The molecular weight excluding hydrogens is 166 g/mol. The van der Waals surface area contributed by atoms with Gasteiger partial charge in [0, 0.05) is 23.5 Å². The van der Waals surface area contributed by atoms with Crippen LogP contribution in [0, 0.1) is 13.8 Å².